The summed E-state index contributed by atoms with van der Waals surface area (Å²) in [7, 11) is 0. The molecule has 0 aliphatic carbocycles. The Hall–Kier alpha value is -2.34. The van der Waals surface area contributed by atoms with E-state index in [0.29, 0.717) is 18.7 Å². The molecule has 0 bridgehead atoms. The van der Waals surface area contributed by atoms with Crippen LogP contribution in [0.15, 0.2) is 46.1 Å². The van der Waals surface area contributed by atoms with Gasteiger partial charge in [-0.25, -0.2) is 4.99 Å². The molecule has 0 aliphatic rings. The lowest BCUT2D eigenvalue weighted by Crippen LogP contribution is -2.36. The molecule has 6 heteroatoms. The number of nitrogens with two attached hydrogens (primary N) is 1. The molecular formula is C16H20N4OS. The van der Waals surface area contributed by atoms with E-state index in [1.807, 2.05) is 24.4 Å². The summed E-state index contributed by atoms with van der Waals surface area (Å²) in [5.74, 6) is 0.332. The smallest absolute Gasteiger partial charge is 0.248 e. The van der Waals surface area contributed by atoms with Crippen molar-refractivity contribution in [3.63, 3.8) is 0 Å². The van der Waals surface area contributed by atoms with E-state index in [9.17, 15) is 4.79 Å². The number of hydrogen-bond acceptors (Lipinski definition) is 3. The molecule has 2 aromatic rings. The molecule has 4 N–H and O–H groups in total. The average Bonchev–Trinajstić information content (AvgIpc) is 3.03. The predicted molar refractivity (Wildman–Crippen MR) is 90.9 cm³/mol. The number of hydrogen-bond donors (Lipinski definition) is 3. The quantitative estimate of drug-likeness (QED) is 0.564. The highest BCUT2D eigenvalue weighted by atomic mass is 32.1. The van der Waals surface area contributed by atoms with Crippen LogP contribution in [-0.2, 0) is 13.1 Å². The molecule has 0 aliphatic heterocycles. The Labute approximate surface area is 134 Å². The fourth-order valence-electron chi connectivity index (χ4n) is 1.92. The molecule has 0 saturated heterocycles. The zero-order valence-electron chi connectivity index (χ0n) is 12.5. The van der Waals surface area contributed by atoms with Crippen LogP contribution >= 0.6 is 11.3 Å². The number of rotatable bonds is 6. The molecule has 1 amide bonds. The number of primary amides is 1. The number of thiophene rings is 1. The first-order valence-electron chi connectivity index (χ1n) is 7.11. The zero-order valence-corrected chi connectivity index (χ0v) is 13.3. The van der Waals surface area contributed by atoms with Crippen molar-refractivity contribution < 1.29 is 4.79 Å². The van der Waals surface area contributed by atoms with Crippen molar-refractivity contribution >= 4 is 23.2 Å². The van der Waals surface area contributed by atoms with Crippen LogP contribution in [0.3, 0.4) is 0 Å². The third-order valence-electron chi connectivity index (χ3n) is 3.02. The van der Waals surface area contributed by atoms with Gasteiger partial charge in [0.05, 0.1) is 6.54 Å². The van der Waals surface area contributed by atoms with Gasteiger partial charge in [-0.15, -0.1) is 0 Å². The van der Waals surface area contributed by atoms with E-state index in [4.69, 9.17) is 5.73 Å². The van der Waals surface area contributed by atoms with E-state index in [0.717, 1.165) is 18.1 Å². The molecule has 5 nitrogen and oxygen atoms in total. The summed E-state index contributed by atoms with van der Waals surface area (Å²) in [6.07, 6.45) is 0. The van der Waals surface area contributed by atoms with Crippen LogP contribution in [0.5, 0.6) is 0 Å². The summed E-state index contributed by atoms with van der Waals surface area (Å²) < 4.78 is 0. The standard InChI is InChI=1S/C16H20N4OS/c1-2-18-16(20-10-13-6-7-22-11-13)19-9-12-4-3-5-14(8-12)15(17)21/h3-8,11H,2,9-10H2,1H3,(H2,17,21)(H2,18,19,20). The van der Waals surface area contributed by atoms with Crippen LogP contribution in [0.25, 0.3) is 0 Å². The highest BCUT2D eigenvalue weighted by Crippen LogP contribution is 2.07. The van der Waals surface area contributed by atoms with Gasteiger partial charge < -0.3 is 16.4 Å². The minimum atomic E-state index is -0.417. The fourth-order valence-corrected chi connectivity index (χ4v) is 2.57. The fraction of sp³-hybridized carbons (Fsp3) is 0.250. The lowest BCUT2D eigenvalue weighted by molar-refractivity contribution is 0.1000. The summed E-state index contributed by atoms with van der Waals surface area (Å²) in [6, 6.07) is 9.34. The Morgan fingerprint density at radius 3 is 2.82 bits per heavy atom. The maximum absolute atomic E-state index is 11.2. The molecule has 22 heavy (non-hydrogen) atoms. The van der Waals surface area contributed by atoms with Gasteiger partial charge in [-0.05, 0) is 47.0 Å². The maximum Gasteiger partial charge on any atom is 0.248 e. The van der Waals surface area contributed by atoms with Crippen molar-refractivity contribution in [2.24, 2.45) is 10.7 Å². The minimum Gasteiger partial charge on any atom is -0.366 e. The normalized spacial score (nSPS) is 11.2. The number of carbonyl (C=O) groups excluding carboxylic acids is 1. The van der Waals surface area contributed by atoms with Gasteiger partial charge in [0, 0.05) is 18.7 Å². The van der Waals surface area contributed by atoms with Crippen molar-refractivity contribution in [3.05, 3.63) is 57.8 Å². The second kappa shape index (κ2) is 8.19. The lowest BCUT2D eigenvalue weighted by atomic mass is 10.1. The Kier molecular flexibility index (Phi) is 5.97. The summed E-state index contributed by atoms with van der Waals surface area (Å²) >= 11 is 1.67. The largest absolute Gasteiger partial charge is 0.366 e. The summed E-state index contributed by atoms with van der Waals surface area (Å²) in [4.78, 5) is 15.7. The van der Waals surface area contributed by atoms with E-state index >= 15 is 0 Å². The molecule has 0 unspecified atom stereocenters. The number of benzene rings is 1. The first-order valence-corrected chi connectivity index (χ1v) is 8.05. The Balaban J connectivity index is 1.97. The van der Waals surface area contributed by atoms with E-state index < -0.39 is 5.91 Å². The van der Waals surface area contributed by atoms with Crippen molar-refractivity contribution in [2.75, 3.05) is 6.54 Å². The van der Waals surface area contributed by atoms with E-state index in [-0.39, 0.29) is 0 Å². The molecule has 2 rings (SSSR count). The third-order valence-corrected chi connectivity index (χ3v) is 3.75. The van der Waals surface area contributed by atoms with Crippen LogP contribution in [-0.4, -0.2) is 18.4 Å². The molecule has 1 aromatic heterocycles. The van der Waals surface area contributed by atoms with Gasteiger partial charge in [-0.2, -0.15) is 11.3 Å². The van der Waals surface area contributed by atoms with E-state index in [2.05, 4.69) is 27.1 Å². The summed E-state index contributed by atoms with van der Waals surface area (Å²) in [5.41, 5.74) is 7.98. The topological polar surface area (TPSA) is 79.5 Å². The van der Waals surface area contributed by atoms with Gasteiger partial charge in [-0.1, -0.05) is 12.1 Å². The Bertz CT molecular complexity index is 637. The molecule has 1 heterocycles. The van der Waals surface area contributed by atoms with Crippen molar-refractivity contribution in [1.82, 2.24) is 10.6 Å². The number of nitrogens with one attached hydrogen (secondary N) is 2. The Morgan fingerprint density at radius 1 is 1.27 bits per heavy atom. The highest BCUT2D eigenvalue weighted by Gasteiger charge is 2.03. The van der Waals surface area contributed by atoms with Gasteiger partial charge in [0.25, 0.3) is 0 Å². The molecule has 0 radical (unpaired) electrons. The molecule has 0 fully saturated rings. The Morgan fingerprint density at radius 2 is 2.14 bits per heavy atom. The number of nitrogens with zero attached hydrogens (tertiary/aromatic N) is 1. The van der Waals surface area contributed by atoms with Crippen LogP contribution in [0, 0.1) is 0 Å². The first-order chi connectivity index (χ1) is 10.7. The van der Waals surface area contributed by atoms with Gasteiger partial charge in [0.15, 0.2) is 5.96 Å². The molecule has 116 valence electrons. The maximum atomic E-state index is 11.2. The number of guanidine groups is 1. The van der Waals surface area contributed by atoms with Crippen LogP contribution in [0.4, 0.5) is 0 Å². The third kappa shape index (κ3) is 4.89. The SMILES string of the molecule is CCNC(=NCc1ccsc1)NCc1cccc(C(N)=O)c1. The molecule has 0 saturated carbocycles. The lowest BCUT2D eigenvalue weighted by Gasteiger charge is -2.11. The molecule has 0 spiro atoms. The van der Waals surface area contributed by atoms with E-state index in [1.54, 1.807) is 23.5 Å². The second-order valence-electron chi connectivity index (χ2n) is 4.74. The van der Waals surface area contributed by atoms with Gasteiger partial charge >= 0.3 is 0 Å². The zero-order chi connectivity index (χ0) is 15.8. The molecular weight excluding hydrogens is 296 g/mol. The predicted octanol–water partition coefficient (Wildman–Crippen LogP) is 2.10. The van der Waals surface area contributed by atoms with Gasteiger partial charge in [0.2, 0.25) is 5.91 Å². The molecule has 0 atom stereocenters. The number of aliphatic imine (C=N–C) groups is 1. The number of carbonyl (C=O) groups is 1. The van der Waals surface area contributed by atoms with Crippen LogP contribution in [0.2, 0.25) is 0 Å². The second-order valence-corrected chi connectivity index (χ2v) is 5.52. The first kappa shape index (κ1) is 16.0. The van der Waals surface area contributed by atoms with Crippen molar-refractivity contribution in [1.29, 1.82) is 0 Å². The van der Waals surface area contributed by atoms with Crippen molar-refractivity contribution in [3.8, 4) is 0 Å². The molecule has 1 aromatic carbocycles. The monoisotopic (exact) mass is 316 g/mol. The highest BCUT2D eigenvalue weighted by molar-refractivity contribution is 7.07. The minimum absolute atomic E-state index is 0.417. The average molecular weight is 316 g/mol. The van der Waals surface area contributed by atoms with Crippen LogP contribution < -0.4 is 16.4 Å². The summed E-state index contributed by atoms with van der Waals surface area (Å²) in [5, 5.41) is 10.6. The van der Waals surface area contributed by atoms with Crippen LogP contribution in [0.1, 0.15) is 28.4 Å². The van der Waals surface area contributed by atoms with E-state index in [1.165, 1.54) is 5.56 Å². The van der Waals surface area contributed by atoms with Crippen molar-refractivity contribution in [2.45, 2.75) is 20.0 Å². The number of amides is 1. The van der Waals surface area contributed by atoms with Gasteiger partial charge in [0.1, 0.15) is 0 Å². The van der Waals surface area contributed by atoms with Gasteiger partial charge in [-0.3, -0.25) is 4.79 Å². The summed E-state index contributed by atoms with van der Waals surface area (Å²) in [6.45, 7) is 4.03.